The van der Waals surface area contributed by atoms with Crippen LogP contribution >= 0.6 is 0 Å². The van der Waals surface area contributed by atoms with Crippen molar-refractivity contribution in [1.29, 1.82) is 0 Å². The standard InChI is InChI=1S/C17H18O3/c1-11-6-7-13(12(2)10-11)16(18)14-4-3-5-15-17(14)20-9-8-19-15/h3-7,10,16,18H,8-9H2,1-2H3. The van der Waals surface area contributed by atoms with Crippen LogP contribution in [-0.2, 0) is 0 Å². The fourth-order valence-electron chi connectivity index (χ4n) is 2.61. The van der Waals surface area contributed by atoms with Gasteiger partial charge in [-0.25, -0.2) is 0 Å². The Morgan fingerprint density at radius 3 is 2.60 bits per heavy atom. The molecule has 0 saturated heterocycles. The Bertz CT molecular complexity index is 634. The number of aliphatic hydroxyl groups is 1. The molecule has 0 radical (unpaired) electrons. The lowest BCUT2D eigenvalue weighted by molar-refractivity contribution is 0.158. The first-order valence-electron chi connectivity index (χ1n) is 6.80. The molecule has 1 aliphatic rings. The summed E-state index contributed by atoms with van der Waals surface area (Å²) in [5.74, 6) is 1.36. The van der Waals surface area contributed by atoms with Crippen LogP contribution in [0, 0.1) is 13.8 Å². The van der Waals surface area contributed by atoms with E-state index in [9.17, 15) is 5.11 Å². The van der Waals surface area contributed by atoms with Crippen LogP contribution < -0.4 is 9.47 Å². The molecule has 3 heteroatoms. The molecule has 0 aliphatic carbocycles. The minimum atomic E-state index is -0.702. The SMILES string of the molecule is Cc1ccc(C(O)c2cccc3c2OCCO3)c(C)c1. The zero-order chi connectivity index (χ0) is 14.1. The zero-order valence-corrected chi connectivity index (χ0v) is 11.7. The van der Waals surface area contributed by atoms with Crippen molar-refractivity contribution in [2.45, 2.75) is 20.0 Å². The summed E-state index contributed by atoms with van der Waals surface area (Å²) in [6.45, 7) is 5.13. The topological polar surface area (TPSA) is 38.7 Å². The van der Waals surface area contributed by atoms with E-state index in [1.165, 1.54) is 5.56 Å². The normalized spacial score (nSPS) is 14.9. The molecule has 0 amide bonds. The summed E-state index contributed by atoms with van der Waals surface area (Å²) in [6, 6.07) is 11.7. The van der Waals surface area contributed by atoms with Gasteiger partial charge in [-0.2, -0.15) is 0 Å². The predicted molar refractivity (Wildman–Crippen MR) is 77.4 cm³/mol. The van der Waals surface area contributed by atoms with Gasteiger partial charge in [-0.15, -0.1) is 0 Å². The summed E-state index contributed by atoms with van der Waals surface area (Å²) in [6.07, 6.45) is -0.702. The van der Waals surface area contributed by atoms with E-state index < -0.39 is 6.10 Å². The smallest absolute Gasteiger partial charge is 0.167 e. The Kier molecular flexibility index (Phi) is 3.36. The van der Waals surface area contributed by atoms with Gasteiger partial charge in [0.15, 0.2) is 11.5 Å². The van der Waals surface area contributed by atoms with Gasteiger partial charge in [0.25, 0.3) is 0 Å². The van der Waals surface area contributed by atoms with E-state index in [0.29, 0.717) is 24.7 Å². The number of hydrogen-bond acceptors (Lipinski definition) is 3. The Morgan fingerprint density at radius 1 is 1.00 bits per heavy atom. The highest BCUT2D eigenvalue weighted by molar-refractivity contribution is 5.51. The van der Waals surface area contributed by atoms with Crippen LogP contribution in [0.15, 0.2) is 36.4 Å². The summed E-state index contributed by atoms with van der Waals surface area (Å²) < 4.78 is 11.2. The number of rotatable bonds is 2. The van der Waals surface area contributed by atoms with Crippen LogP contribution in [0.5, 0.6) is 11.5 Å². The van der Waals surface area contributed by atoms with Crippen LogP contribution in [0.3, 0.4) is 0 Å². The Hall–Kier alpha value is -2.00. The predicted octanol–water partition coefficient (Wildman–Crippen LogP) is 3.16. The zero-order valence-electron chi connectivity index (χ0n) is 11.7. The van der Waals surface area contributed by atoms with E-state index in [1.807, 2.05) is 44.2 Å². The van der Waals surface area contributed by atoms with Gasteiger partial charge in [-0.3, -0.25) is 0 Å². The van der Waals surface area contributed by atoms with Crippen molar-refractivity contribution in [3.05, 3.63) is 58.7 Å². The summed E-state index contributed by atoms with van der Waals surface area (Å²) in [5, 5.41) is 10.7. The highest BCUT2D eigenvalue weighted by atomic mass is 16.6. The second-order valence-electron chi connectivity index (χ2n) is 5.13. The van der Waals surface area contributed by atoms with Crippen molar-refractivity contribution in [2.24, 2.45) is 0 Å². The first-order chi connectivity index (χ1) is 9.66. The van der Waals surface area contributed by atoms with Crippen LogP contribution in [-0.4, -0.2) is 18.3 Å². The average molecular weight is 270 g/mol. The van der Waals surface area contributed by atoms with E-state index in [-0.39, 0.29) is 0 Å². The molecule has 20 heavy (non-hydrogen) atoms. The maximum Gasteiger partial charge on any atom is 0.167 e. The molecule has 1 N–H and O–H groups in total. The second-order valence-corrected chi connectivity index (χ2v) is 5.13. The van der Waals surface area contributed by atoms with Crippen LogP contribution in [0.25, 0.3) is 0 Å². The van der Waals surface area contributed by atoms with Gasteiger partial charge in [0, 0.05) is 5.56 Å². The maximum absolute atomic E-state index is 10.7. The van der Waals surface area contributed by atoms with Crippen molar-refractivity contribution in [1.82, 2.24) is 0 Å². The van der Waals surface area contributed by atoms with Crippen molar-refractivity contribution >= 4 is 0 Å². The number of fused-ring (bicyclic) bond motifs is 1. The lowest BCUT2D eigenvalue weighted by Gasteiger charge is -2.24. The molecule has 1 aliphatic heterocycles. The first kappa shape index (κ1) is 13.0. The second kappa shape index (κ2) is 5.17. The van der Waals surface area contributed by atoms with Gasteiger partial charge in [-0.05, 0) is 31.0 Å². The largest absolute Gasteiger partial charge is 0.486 e. The highest BCUT2D eigenvalue weighted by Crippen LogP contribution is 2.39. The van der Waals surface area contributed by atoms with E-state index in [4.69, 9.17) is 9.47 Å². The molecule has 0 saturated carbocycles. The fourth-order valence-corrected chi connectivity index (χ4v) is 2.61. The van der Waals surface area contributed by atoms with Crippen molar-refractivity contribution in [3.63, 3.8) is 0 Å². The van der Waals surface area contributed by atoms with Crippen molar-refractivity contribution in [2.75, 3.05) is 13.2 Å². The molecule has 0 aromatic heterocycles. The van der Waals surface area contributed by atoms with Crippen molar-refractivity contribution < 1.29 is 14.6 Å². The average Bonchev–Trinajstić information content (AvgIpc) is 2.46. The van der Waals surface area contributed by atoms with Crippen LogP contribution in [0.1, 0.15) is 28.4 Å². The van der Waals surface area contributed by atoms with Crippen LogP contribution in [0.4, 0.5) is 0 Å². The minimum Gasteiger partial charge on any atom is -0.486 e. The first-order valence-corrected chi connectivity index (χ1v) is 6.80. The molecule has 0 spiro atoms. The van der Waals surface area contributed by atoms with Crippen molar-refractivity contribution in [3.8, 4) is 11.5 Å². The number of para-hydroxylation sites is 1. The lowest BCUT2D eigenvalue weighted by atomic mass is 9.95. The molecule has 0 fully saturated rings. The molecule has 3 nitrogen and oxygen atoms in total. The van der Waals surface area contributed by atoms with Crippen LogP contribution in [0.2, 0.25) is 0 Å². The molecule has 104 valence electrons. The molecule has 2 aromatic rings. The van der Waals surface area contributed by atoms with Gasteiger partial charge in [-0.1, -0.05) is 35.9 Å². The quantitative estimate of drug-likeness (QED) is 0.911. The number of ether oxygens (including phenoxy) is 2. The molecular formula is C17H18O3. The number of benzene rings is 2. The Balaban J connectivity index is 2.04. The summed E-state index contributed by atoms with van der Waals surface area (Å²) >= 11 is 0. The molecule has 2 aromatic carbocycles. The molecule has 1 heterocycles. The van der Waals surface area contributed by atoms with E-state index >= 15 is 0 Å². The summed E-state index contributed by atoms with van der Waals surface area (Å²) in [7, 11) is 0. The van der Waals surface area contributed by atoms with E-state index in [0.717, 1.165) is 16.7 Å². The summed E-state index contributed by atoms with van der Waals surface area (Å²) in [4.78, 5) is 0. The monoisotopic (exact) mass is 270 g/mol. The third-order valence-corrected chi connectivity index (χ3v) is 3.61. The van der Waals surface area contributed by atoms with Gasteiger partial charge in [0.2, 0.25) is 0 Å². The Labute approximate surface area is 118 Å². The molecule has 1 atom stereocenters. The maximum atomic E-state index is 10.7. The summed E-state index contributed by atoms with van der Waals surface area (Å²) in [5.41, 5.74) is 3.92. The highest BCUT2D eigenvalue weighted by Gasteiger charge is 2.22. The van der Waals surface area contributed by atoms with Gasteiger partial charge < -0.3 is 14.6 Å². The molecule has 1 unspecified atom stereocenters. The van der Waals surface area contributed by atoms with E-state index in [1.54, 1.807) is 0 Å². The fraction of sp³-hybridized carbons (Fsp3) is 0.294. The van der Waals surface area contributed by atoms with E-state index in [2.05, 4.69) is 6.07 Å². The third-order valence-electron chi connectivity index (χ3n) is 3.61. The van der Waals surface area contributed by atoms with Gasteiger partial charge in [0.05, 0.1) is 0 Å². The Morgan fingerprint density at radius 2 is 1.80 bits per heavy atom. The van der Waals surface area contributed by atoms with Gasteiger partial charge in [0.1, 0.15) is 19.3 Å². The number of hydrogen-bond donors (Lipinski definition) is 1. The lowest BCUT2D eigenvalue weighted by Crippen LogP contribution is -2.17. The minimum absolute atomic E-state index is 0.517. The number of aryl methyl sites for hydroxylation is 2. The third kappa shape index (κ3) is 2.25. The molecule has 3 rings (SSSR count). The molecule has 0 bridgehead atoms. The number of aliphatic hydroxyl groups excluding tert-OH is 1. The molecular weight excluding hydrogens is 252 g/mol. The van der Waals surface area contributed by atoms with Gasteiger partial charge >= 0.3 is 0 Å².